The van der Waals surface area contributed by atoms with Crippen molar-refractivity contribution in [2.24, 2.45) is 0 Å². The number of aryl methyl sites for hydroxylation is 1. The Balaban J connectivity index is 1.18. The zero-order valence-corrected chi connectivity index (χ0v) is 26.8. The third kappa shape index (κ3) is 5.16. The van der Waals surface area contributed by atoms with Crippen LogP contribution in [-0.4, -0.2) is 35.0 Å². The average molecular weight is 644 g/mol. The molecular weight excluding hydrogens is 615 g/mol. The van der Waals surface area contributed by atoms with Crippen molar-refractivity contribution in [3.05, 3.63) is 180 Å². The van der Waals surface area contributed by atoms with Crippen LogP contribution in [0.1, 0.15) is 31.9 Å². The van der Waals surface area contributed by atoms with Crippen LogP contribution >= 0.6 is 11.3 Å². The SMILES string of the molecule is Cc1cnc(NC(=O)c2ccc(-c3cnc4ccc(-c5cnn(C(c6ccccc6)(c6ccccc6)c6ccccc6)c5)cn34)nc2)s1. The predicted octanol–water partition coefficient (Wildman–Crippen LogP) is 8.12. The maximum Gasteiger partial charge on any atom is 0.259 e. The van der Waals surface area contributed by atoms with E-state index < -0.39 is 5.54 Å². The van der Waals surface area contributed by atoms with Crippen molar-refractivity contribution >= 4 is 28.0 Å². The van der Waals surface area contributed by atoms with Gasteiger partial charge < -0.3 is 0 Å². The Morgan fingerprint density at radius 3 is 1.92 bits per heavy atom. The van der Waals surface area contributed by atoms with Crippen molar-refractivity contribution in [1.29, 1.82) is 0 Å². The summed E-state index contributed by atoms with van der Waals surface area (Å²) in [5.74, 6) is -0.251. The Labute approximate surface area is 281 Å². The van der Waals surface area contributed by atoms with Gasteiger partial charge in [0.05, 0.1) is 29.3 Å². The van der Waals surface area contributed by atoms with E-state index in [2.05, 4.69) is 116 Å². The highest BCUT2D eigenvalue weighted by molar-refractivity contribution is 7.15. The summed E-state index contributed by atoms with van der Waals surface area (Å²) >= 11 is 1.43. The van der Waals surface area contributed by atoms with E-state index in [1.165, 1.54) is 11.3 Å². The number of nitrogens with zero attached hydrogens (tertiary/aromatic N) is 6. The highest BCUT2D eigenvalue weighted by Gasteiger charge is 2.39. The van der Waals surface area contributed by atoms with E-state index in [-0.39, 0.29) is 5.91 Å². The molecule has 3 aromatic carbocycles. The predicted molar refractivity (Wildman–Crippen MR) is 189 cm³/mol. The molecule has 0 saturated carbocycles. The Morgan fingerprint density at radius 1 is 0.667 bits per heavy atom. The van der Waals surface area contributed by atoms with E-state index in [1.807, 2.05) is 47.9 Å². The molecule has 0 saturated heterocycles. The number of hydrogen-bond donors (Lipinski definition) is 1. The second kappa shape index (κ2) is 12.2. The van der Waals surface area contributed by atoms with Crippen molar-refractivity contribution < 1.29 is 4.79 Å². The van der Waals surface area contributed by atoms with Crippen LogP contribution in [0.3, 0.4) is 0 Å². The van der Waals surface area contributed by atoms with E-state index in [0.717, 1.165) is 44.0 Å². The highest BCUT2D eigenvalue weighted by Crippen LogP contribution is 2.41. The Bertz CT molecular complexity index is 2250. The van der Waals surface area contributed by atoms with Gasteiger partial charge in [0.15, 0.2) is 5.13 Å². The summed E-state index contributed by atoms with van der Waals surface area (Å²) in [5.41, 5.74) is 7.30. The van der Waals surface area contributed by atoms with E-state index in [9.17, 15) is 4.79 Å². The van der Waals surface area contributed by atoms with Crippen molar-refractivity contribution in [2.75, 3.05) is 5.32 Å². The molecule has 1 amide bonds. The summed E-state index contributed by atoms with van der Waals surface area (Å²) in [6, 6.07) is 39.2. The fraction of sp³-hybridized carbons (Fsp3) is 0.0513. The smallest absolute Gasteiger partial charge is 0.259 e. The van der Waals surface area contributed by atoms with Crippen LogP contribution in [0.4, 0.5) is 5.13 Å². The molecule has 5 aromatic heterocycles. The van der Waals surface area contributed by atoms with Crippen LogP contribution in [0.2, 0.25) is 0 Å². The number of imidazole rings is 1. The maximum absolute atomic E-state index is 12.8. The number of nitrogens with one attached hydrogen (secondary N) is 1. The summed E-state index contributed by atoms with van der Waals surface area (Å²) in [5, 5.41) is 8.44. The molecule has 0 fully saturated rings. The monoisotopic (exact) mass is 643 g/mol. The fourth-order valence-electron chi connectivity index (χ4n) is 6.19. The van der Waals surface area contributed by atoms with Gasteiger partial charge in [0.2, 0.25) is 0 Å². The van der Waals surface area contributed by atoms with Crippen LogP contribution < -0.4 is 5.32 Å². The van der Waals surface area contributed by atoms with Crippen molar-refractivity contribution in [2.45, 2.75) is 12.5 Å². The molecule has 0 aliphatic heterocycles. The van der Waals surface area contributed by atoms with E-state index >= 15 is 0 Å². The molecule has 48 heavy (non-hydrogen) atoms. The molecule has 8 aromatic rings. The molecule has 1 N–H and O–H groups in total. The molecule has 0 atom stereocenters. The number of aromatic nitrogens is 6. The average Bonchev–Trinajstić information content (AvgIpc) is 3.90. The van der Waals surface area contributed by atoms with Crippen LogP contribution in [0, 0.1) is 6.92 Å². The quantitative estimate of drug-likeness (QED) is 0.169. The maximum atomic E-state index is 12.8. The lowest BCUT2D eigenvalue weighted by atomic mass is 9.77. The third-order valence-electron chi connectivity index (χ3n) is 8.47. The number of pyridine rings is 2. The largest absolute Gasteiger partial charge is 0.298 e. The van der Waals surface area contributed by atoms with Crippen LogP contribution in [0.25, 0.3) is 28.2 Å². The third-order valence-corrected chi connectivity index (χ3v) is 9.30. The number of hydrogen-bond acceptors (Lipinski definition) is 6. The molecule has 0 unspecified atom stereocenters. The van der Waals surface area contributed by atoms with Gasteiger partial charge in [-0.2, -0.15) is 5.10 Å². The van der Waals surface area contributed by atoms with Crippen molar-refractivity contribution in [3.63, 3.8) is 0 Å². The molecule has 5 heterocycles. The number of rotatable bonds is 8. The van der Waals surface area contributed by atoms with Crippen LogP contribution in [0.15, 0.2) is 152 Å². The Kier molecular flexibility index (Phi) is 7.43. The first-order valence-electron chi connectivity index (χ1n) is 15.5. The standard InChI is InChI=1S/C39H29N7OS/c1-27-21-42-38(48-27)44-37(47)28-17-19-34(40-22-28)35-24-41-36-20-18-29(25-45(35)36)30-23-43-46(26-30)39(31-11-5-2-6-12-31,32-13-7-3-8-14-32)33-15-9-4-10-16-33/h2-26H,1H3,(H,42,44,47). The normalized spacial score (nSPS) is 11.5. The zero-order valence-electron chi connectivity index (χ0n) is 25.9. The minimum absolute atomic E-state index is 0.251. The second-order valence-corrected chi connectivity index (χ2v) is 12.7. The summed E-state index contributed by atoms with van der Waals surface area (Å²) in [6.07, 6.45) is 11.2. The number of amides is 1. The van der Waals surface area contributed by atoms with Crippen LogP contribution in [-0.2, 0) is 5.54 Å². The van der Waals surface area contributed by atoms with Gasteiger partial charge in [0, 0.05) is 40.8 Å². The topological polar surface area (TPSA) is 90.0 Å². The number of thiazole rings is 1. The van der Waals surface area contributed by atoms with Gasteiger partial charge >= 0.3 is 0 Å². The molecule has 0 bridgehead atoms. The molecule has 9 heteroatoms. The molecular formula is C39H29N7OS. The first-order chi connectivity index (χ1) is 23.6. The number of benzene rings is 3. The van der Waals surface area contributed by atoms with Crippen molar-refractivity contribution in [1.82, 2.24) is 29.1 Å². The van der Waals surface area contributed by atoms with Gasteiger partial charge in [-0.15, -0.1) is 11.3 Å². The summed E-state index contributed by atoms with van der Waals surface area (Å²) in [7, 11) is 0. The zero-order chi connectivity index (χ0) is 32.5. The minimum Gasteiger partial charge on any atom is -0.298 e. The van der Waals surface area contributed by atoms with Crippen molar-refractivity contribution in [3.8, 4) is 22.5 Å². The Morgan fingerprint density at radius 2 is 1.33 bits per heavy atom. The minimum atomic E-state index is -0.706. The van der Waals surface area contributed by atoms with Gasteiger partial charge in [-0.3, -0.25) is 24.2 Å². The molecule has 8 nitrogen and oxygen atoms in total. The number of fused-ring (bicyclic) bond motifs is 1. The van der Waals surface area contributed by atoms with Crippen LogP contribution in [0.5, 0.6) is 0 Å². The number of anilines is 1. The van der Waals surface area contributed by atoms with E-state index in [0.29, 0.717) is 16.4 Å². The summed E-state index contributed by atoms with van der Waals surface area (Å²) < 4.78 is 4.09. The first kappa shape index (κ1) is 29.2. The molecule has 0 spiro atoms. The number of carbonyl (C=O) groups is 1. The van der Waals surface area contributed by atoms with Gasteiger partial charge in [-0.25, -0.2) is 9.97 Å². The molecule has 0 radical (unpaired) electrons. The molecule has 0 aliphatic rings. The van der Waals surface area contributed by atoms with Gasteiger partial charge in [0.1, 0.15) is 11.2 Å². The molecule has 232 valence electrons. The highest BCUT2D eigenvalue weighted by atomic mass is 32.1. The fourth-order valence-corrected chi connectivity index (χ4v) is 6.85. The van der Waals surface area contributed by atoms with E-state index in [1.54, 1.807) is 24.7 Å². The lowest BCUT2D eigenvalue weighted by Gasteiger charge is -2.36. The molecule has 0 aliphatic carbocycles. The molecule has 8 rings (SSSR count). The van der Waals surface area contributed by atoms with Gasteiger partial charge in [0.25, 0.3) is 5.91 Å². The lowest BCUT2D eigenvalue weighted by molar-refractivity contribution is 0.102. The van der Waals surface area contributed by atoms with E-state index in [4.69, 9.17) is 5.10 Å². The first-order valence-corrected chi connectivity index (χ1v) is 16.3. The Hall–Kier alpha value is -6.19. The van der Waals surface area contributed by atoms with Gasteiger partial charge in [-0.05, 0) is 47.9 Å². The second-order valence-electron chi connectivity index (χ2n) is 11.4. The lowest BCUT2D eigenvalue weighted by Crippen LogP contribution is -2.38. The van der Waals surface area contributed by atoms with Gasteiger partial charge in [-0.1, -0.05) is 91.0 Å². The summed E-state index contributed by atoms with van der Waals surface area (Å²) in [6.45, 7) is 1.95. The summed E-state index contributed by atoms with van der Waals surface area (Å²) in [4.78, 5) is 27.3. The number of carbonyl (C=O) groups excluding carboxylic acids is 1.